The minimum Gasteiger partial charge on any atom is -0.374 e. The van der Waals surface area contributed by atoms with Gasteiger partial charge in [-0.15, -0.1) is 0 Å². The summed E-state index contributed by atoms with van der Waals surface area (Å²) < 4.78 is 27.1. The molecule has 2 aromatic carbocycles. The second-order valence-electron chi connectivity index (χ2n) is 9.22. The number of benzene rings is 2. The van der Waals surface area contributed by atoms with Gasteiger partial charge in [-0.2, -0.15) is 8.75 Å². The van der Waals surface area contributed by atoms with Crippen LogP contribution in [-0.4, -0.2) is 54.8 Å². The average Bonchev–Trinajstić information content (AvgIpc) is 3.42. The number of aryl methyl sites for hydroxylation is 2. The van der Waals surface area contributed by atoms with Crippen LogP contribution in [-0.2, 0) is 13.3 Å². The number of carbonyl (C=O) groups is 1. The number of hydrogen-bond acceptors (Lipinski definition) is 8. The van der Waals surface area contributed by atoms with E-state index in [1.54, 1.807) is 0 Å². The summed E-state index contributed by atoms with van der Waals surface area (Å²) in [5.74, 6) is -0.259. The zero-order valence-electron chi connectivity index (χ0n) is 23.2. The SMILES string of the molecule is CCO[Si](CCCNC(=O)c1nc(-c2ccc(C)cc2)c2nsnc2c1-c1ccc(C)cc1)(OCC)OCC. The van der Waals surface area contributed by atoms with Crippen LogP contribution in [0, 0.1) is 13.8 Å². The molecule has 4 aromatic rings. The third-order valence-electron chi connectivity index (χ3n) is 6.33. The van der Waals surface area contributed by atoms with Gasteiger partial charge in [-0.3, -0.25) is 4.79 Å². The highest BCUT2D eigenvalue weighted by Crippen LogP contribution is 2.35. The Balaban J connectivity index is 1.67. The predicted octanol–water partition coefficient (Wildman–Crippen LogP) is 6.21. The van der Waals surface area contributed by atoms with E-state index in [2.05, 4.69) is 14.1 Å². The first-order valence-corrected chi connectivity index (χ1v) is 16.1. The Morgan fingerprint density at radius 1 is 0.821 bits per heavy atom. The van der Waals surface area contributed by atoms with Gasteiger partial charge >= 0.3 is 8.80 Å². The van der Waals surface area contributed by atoms with E-state index in [-0.39, 0.29) is 5.91 Å². The van der Waals surface area contributed by atoms with Crippen molar-refractivity contribution in [1.29, 1.82) is 0 Å². The van der Waals surface area contributed by atoms with Crippen molar-refractivity contribution >= 4 is 37.5 Å². The van der Waals surface area contributed by atoms with Gasteiger partial charge in [0.05, 0.1) is 11.7 Å². The standard InChI is InChI=1S/C29H36N4O4SSi/c1-6-35-39(36-7-2,37-8-3)19-9-18-30-29(34)27-24(22-14-10-20(4)11-15-22)26-28(33-38-32-26)25(31-27)23-16-12-21(5)13-17-23/h10-17H,6-9,18-19H2,1-5H3,(H,30,34). The van der Waals surface area contributed by atoms with Crippen LogP contribution in [0.3, 0.4) is 0 Å². The fourth-order valence-electron chi connectivity index (χ4n) is 4.50. The van der Waals surface area contributed by atoms with E-state index < -0.39 is 8.80 Å². The van der Waals surface area contributed by atoms with Crippen LogP contribution < -0.4 is 5.32 Å². The van der Waals surface area contributed by atoms with Gasteiger partial charge in [0.15, 0.2) is 0 Å². The zero-order valence-corrected chi connectivity index (χ0v) is 25.1. The summed E-state index contributed by atoms with van der Waals surface area (Å²) in [5.41, 5.74) is 7.08. The maximum atomic E-state index is 13.7. The van der Waals surface area contributed by atoms with Gasteiger partial charge < -0.3 is 18.6 Å². The molecule has 0 bridgehead atoms. The zero-order chi connectivity index (χ0) is 27.8. The summed E-state index contributed by atoms with van der Waals surface area (Å²) in [6.07, 6.45) is 0.656. The smallest absolute Gasteiger partial charge is 0.374 e. The van der Waals surface area contributed by atoms with Gasteiger partial charge in [-0.25, -0.2) is 4.98 Å². The molecule has 0 atom stereocenters. The Hall–Kier alpha value is -3.02. The number of rotatable bonds is 13. The Morgan fingerprint density at radius 3 is 1.92 bits per heavy atom. The van der Waals surface area contributed by atoms with Crippen molar-refractivity contribution in [3.8, 4) is 22.4 Å². The minimum atomic E-state index is -2.78. The first-order chi connectivity index (χ1) is 18.9. The molecule has 0 aliphatic heterocycles. The third kappa shape index (κ3) is 6.77. The molecule has 4 rings (SSSR count). The maximum absolute atomic E-state index is 13.7. The van der Waals surface area contributed by atoms with Crippen molar-refractivity contribution in [2.45, 2.75) is 47.1 Å². The van der Waals surface area contributed by atoms with Crippen molar-refractivity contribution < 1.29 is 18.1 Å². The number of nitrogens with one attached hydrogen (secondary N) is 1. The lowest BCUT2D eigenvalue weighted by molar-refractivity contribution is 0.0704. The van der Waals surface area contributed by atoms with Crippen molar-refractivity contribution in [3.63, 3.8) is 0 Å². The molecule has 0 fully saturated rings. The van der Waals surface area contributed by atoms with Crippen LogP contribution in [0.4, 0.5) is 0 Å². The number of aromatic nitrogens is 3. The van der Waals surface area contributed by atoms with Crippen LogP contribution in [0.2, 0.25) is 6.04 Å². The second kappa shape index (κ2) is 13.4. The monoisotopic (exact) mass is 564 g/mol. The van der Waals surface area contributed by atoms with Gasteiger partial charge in [0.2, 0.25) is 0 Å². The summed E-state index contributed by atoms with van der Waals surface area (Å²) in [5, 5.41) is 3.07. The summed E-state index contributed by atoms with van der Waals surface area (Å²) in [4.78, 5) is 18.6. The second-order valence-corrected chi connectivity index (χ2v) is 12.5. The number of carbonyl (C=O) groups excluding carboxylic acids is 1. The highest BCUT2D eigenvalue weighted by atomic mass is 32.1. The average molecular weight is 565 g/mol. The summed E-state index contributed by atoms with van der Waals surface area (Å²) in [7, 11) is -2.78. The molecule has 0 unspecified atom stereocenters. The van der Waals surface area contributed by atoms with E-state index in [0.717, 1.165) is 34.0 Å². The minimum absolute atomic E-state index is 0.259. The molecule has 0 spiro atoms. The topological polar surface area (TPSA) is 95.5 Å². The Bertz CT molecular complexity index is 1380. The molecule has 0 radical (unpaired) electrons. The van der Waals surface area contributed by atoms with Crippen LogP contribution in [0.15, 0.2) is 48.5 Å². The van der Waals surface area contributed by atoms with Gasteiger partial charge in [0.25, 0.3) is 5.91 Å². The molecule has 0 aliphatic rings. The van der Waals surface area contributed by atoms with E-state index in [9.17, 15) is 4.79 Å². The molecule has 8 nitrogen and oxygen atoms in total. The molecule has 1 amide bonds. The van der Waals surface area contributed by atoms with Crippen LogP contribution in [0.1, 0.15) is 48.8 Å². The molecule has 206 valence electrons. The van der Waals surface area contributed by atoms with Crippen LogP contribution >= 0.6 is 11.7 Å². The number of nitrogens with zero attached hydrogens (tertiary/aromatic N) is 3. The summed E-state index contributed by atoms with van der Waals surface area (Å²) in [6.45, 7) is 11.9. The highest BCUT2D eigenvalue weighted by Gasteiger charge is 2.39. The largest absolute Gasteiger partial charge is 0.500 e. The Morgan fingerprint density at radius 2 is 1.36 bits per heavy atom. The number of pyridine rings is 1. The van der Waals surface area contributed by atoms with Gasteiger partial charge in [-0.1, -0.05) is 59.7 Å². The molecule has 0 saturated heterocycles. The van der Waals surface area contributed by atoms with Crippen molar-refractivity contribution in [2.24, 2.45) is 0 Å². The van der Waals surface area contributed by atoms with Crippen molar-refractivity contribution in [3.05, 3.63) is 65.4 Å². The third-order valence-corrected chi connectivity index (χ3v) is 10.0. The first-order valence-electron chi connectivity index (χ1n) is 13.4. The molecule has 39 heavy (non-hydrogen) atoms. The van der Waals surface area contributed by atoms with Crippen molar-refractivity contribution in [1.82, 2.24) is 19.0 Å². The maximum Gasteiger partial charge on any atom is 0.500 e. The summed E-state index contributed by atoms with van der Waals surface area (Å²) in [6, 6.07) is 16.7. The number of amides is 1. The Kier molecular flexibility index (Phi) is 9.92. The predicted molar refractivity (Wildman–Crippen MR) is 158 cm³/mol. The van der Waals surface area contributed by atoms with E-state index in [1.165, 1.54) is 0 Å². The molecule has 0 saturated carbocycles. The Labute approximate surface area is 235 Å². The lowest BCUT2D eigenvalue weighted by atomic mass is 9.98. The van der Waals surface area contributed by atoms with Crippen LogP contribution in [0.5, 0.6) is 0 Å². The van der Waals surface area contributed by atoms with E-state index in [1.807, 2.05) is 83.1 Å². The molecule has 2 heterocycles. The quantitative estimate of drug-likeness (QED) is 0.152. The fraction of sp³-hybridized carbons (Fsp3) is 0.379. The highest BCUT2D eigenvalue weighted by molar-refractivity contribution is 7.00. The van der Waals surface area contributed by atoms with E-state index >= 15 is 0 Å². The van der Waals surface area contributed by atoms with Crippen molar-refractivity contribution in [2.75, 3.05) is 26.4 Å². The van der Waals surface area contributed by atoms with Gasteiger partial charge in [-0.05, 0) is 46.6 Å². The normalized spacial score (nSPS) is 11.7. The van der Waals surface area contributed by atoms with Gasteiger partial charge in [0.1, 0.15) is 22.4 Å². The lowest BCUT2D eigenvalue weighted by Crippen LogP contribution is -2.46. The van der Waals surface area contributed by atoms with E-state index in [0.29, 0.717) is 66.8 Å². The fourth-order valence-corrected chi connectivity index (χ4v) is 7.67. The number of hydrogen-bond donors (Lipinski definition) is 1. The number of fused-ring (bicyclic) bond motifs is 1. The molecular formula is C29H36N4O4SSi. The summed E-state index contributed by atoms with van der Waals surface area (Å²) >= 11 is 1.13. The van der Waals surface area contributed by atoms with Crippen LogP contribution in [0.25, 0.3) is 33.4 Å². The molecule has 0 aliphatic carbocycles. The molecular weight excluding hydrogens is 528 g/mol. The van der Waals surface area contributed by atoms with E-state index in [4.69, 9.17) is 18.3 Å². The molecule has 10 heteroatoms. The molecule has 2 aromatic heterocycles. The van der Waals surface area contributed by atoms with Gasteiger partial charge in [0, 0.05) is 43.5 Å². The lowest BCUT2D eigenvalue weighted by Gasteiger charge is -2.28. The molecule has 1 N–H and O–H groups in total. The first kappa shape index (κ1) is 29.0.